The first-order valence-electron chi connectivity index (χ1n) is 11.4. The standard InChI is InChI=1S/C24H29N3O3/c28-23(29)19-3-5-21(6-4-19)27-22(18-1-2-18)20(13-25-27)14-30-26-24-10-15-7-16(11-24)9-17(8-15)12-24/h3-6,13,15-18,26H,1-2,7-12,14H2,(H,28,29). The molecule has 30 heavy (non-hydrogen) atoms. The lowest BCUT2D eigenvalue weighted by atomic mass is 9.53. The van der Waals surface area contributed by atoms with Crippen LogP contribution >= 0.6 is 0 Å². The first-order chi connectivity index (χ1) is 14.6. The Hall–Kier alpha value is -2.18. The Kier molecular flexibility index (Phi) is 4.29. The number of carboxylic acid groups (broad SMARTS) is 1. The van der Waals surface area contributed by atoms with E-state index in [0.29, 0.717) is 18.1 Å². The Morgan fingerprint density at radius 3 is 2.30 bits per heavy atom. The van der Waals surface area contributed by atoms with Crippen molar-refractivity contribution in [3.8, 4) is 5.69 Å². The third kappa shape index (κ3) is 3.26. The zero-order valence-corrected chi connectivity index (χ0v) is 17.2. The van der Waals surface area contributed by atoms with Gasteiger partial charge in [0.25, 0.3) is 0 Å². The molecule has 2 aromatic rings. The smallest absolute Gasteiger partial charge is 0.335 e. The highest BCUT2D eigenvalue weighted by Crippen LogP contribution is 2.55. The molecule has 5 aliphatic carbocycles. The minimum absolute atomic E-state index is 0.192. The van der Waals surface area contributed by atoms with E-state index in [4.69, 9.17) is 9.94 Å². The summed E-state index contributed by atoms with van der Waals surface area (Å²) in [6, 6.07) is 6.95. The summed E-state index contributed by atoms with van der Waals surface area (Å²) in [5.74, 6) is 2.29. The predicted octanol–water partition coefficient (Wildman–Crippen LogP) is 4.44. The number of hydrogen-bond acceptors (Lipinski definition) is 4. The number of nitrogens with zero attached hydrogens (tertiary/aromatic N) is 2. The van der Waals surface area contributed by atoms with Crippen LogP contribution in [0.3, 0.4) is 0 Å². The molecule has 6 nitrogen and oxygen atoms in total. The summed E-state index contributed by atoms with van der Waals surface area (Å²) in [7, 11) is 0. The van der Waals surface area contributed by atoms with Gasteiger partial charge in [0.05, 0.1) is 29.7 Å². The van der Waals surface area contributed by atoms with Crippen LogP contribution in [0.25, 0.3) is 5.69 Å². The molecule has 1 heterocycles. The van der Waals surface area contributed by atoms with Gasteiger partial charge < -0.3 is 5.11 Å². The lowest BCUT2D eigenvalue weighted by Gasteiger charge is -2.56. The van der Waals surface area contributed by atoms with Crippen molar-refractivity contribution >= 4 is 5.97 Å². The van der Waals surface area contributed by atoms with Gasteiger partial charge in [0.2, 0.25) is 0 Å². The minimum atomic E-state index is -0.908. The van der Waals surface area contributed by atoms with Gasteiger partial charge in [0.15, 0.2) is 0 Å². The van der Waals surface area contributed by atoms with Crippen LogP contribution in [0.15, 0.2) is 30.5 Å². The topological polar surface area (TPSA) is 76.4 Å². The van der Waals surface area contributed by atoms with Crippen LogP contribution in [0.2, 0.25) is 0 Å². The van der Waals surface area contributed by atoms with E-state index in [1.54, 1.807) is 12.1 Å². The Balaban J connectivity index is 1.18. The molecule has 0 saturated heterocycles. The number of aromatic carboxylic acids is 1. The van der Waals surface area contributed by atoms with Crippen molar-refractivity contribution in [1.29, 1.82) is 0 Å². The van der Waals surface area contributed by atoms with Crippen molar-refractivity contribution in [2.24, 2.45) is 17.8 Å². The summed E-state index contributed by atoms with van der Waals surface area (Å²) in [4.78, 5) is 17.3. The van der Waals surface area contributed by atoms with E-state index in [0.717, 1.165) is 29.0 Å². The maximum atomic E-state index is 11.1. The van der Waals surface area contributed by atoms with Crippen molar-refractivity contribution in [1.82, 2.24) is 15.3 Å². The van der Waals surface area contributed by atoms with Crippen LogP contribution in [0.5, 0.6) is 0 Å². The molecule has 158 valence electrons. The van der Waals surface area contributed by atoms with Gasteiger partial charge in [-0.3, -0.25) is 4.84 Å². The number of benzene rings is 1. The summed E-state index contributed by atoms with van der Waals surface area (Å²) in [5.41, 5.74) is 7.27. The van der Waals surface area contributed by atoms with Crippen molar-refractivity contribution < 1.29 is 14.7 Å². The zero-order chi connectivity index (χ0) is 20.3. The molecule has 5 saturated carbocycles. The van der Waals surface area contributed by atoms with Gasteiger partial charge in [-0.2, -0.15) is 10.6 Å². The molecule has 4 bridgehead atoms. The quantitative estimate of drug-likeness (QED) is 0.664. The first-order valence-corrected chi connectivity index (χ1v) is 11.4. The van der Waals surface area contributed by atoms with E-state index in [-0.39, 0.29) is 5.54 Å². The van der Waals surface area contributed by atoms with E-state index < -0.39 is 5.97 Å². The van der Waals surface area contributed by atoms with Crippen molar-refractivity contribution in [3.05, 3.63) is 47.3 Å². The molecule has 7 rings (SSSR count). The molecule has 0 amide bonds. The van der Waals surface area contributed by atoms with Crippen LogP contribution < -0.4 is 5.48 Å². The third-order valence-corrected chi connectivity index (χ3v) is 7.76. The van der Waals surface area contributed by atoms with Gasteiger partial charge >= 0.3 is 5.97 Å². The van der Waals surface area contributed by atoms with Gasteiger partial charge in [0, 0.05) is 17.0 Å². The summed E-state index contributed by atoms with van der Waals surface area (Å²) in [5, 5.41) is 13.8. The molecule has 2 N–H and O–H groups in total. The lowest BCUT2D eigenvalue weighted by molar-refractivity contribution is -0.115. The van der Waals surface area contributed by atoms with E-state index in [1.807, 2.05) is 23.0 Å². The number of aromatic nitrogens is 2. The van der Waals surface area contributed by atoms with Gasteiger partial charge in [0.1, 0.15) is 0 Å². The van der Waals surface area contributed by atoms with Crippen LogP contribution in [0.4, 0.5) is 0 Å². The highest BCUT2D eigenvalue weighted by atomic mass is 16.6. The third-order valence-electron chi connectivity index (χ3n) is 7.76. The summed E-state index contributed by atoms with van der Waals surface area (Å²) in [6.07, 6.45) is 12.4. The fourth-order valence-corrected chi connectivity index (χ4v) is 6.75. The lowest BCUT2D eigenvalue weighted by Crippen LogP contribution is -2.58. The summed E-state index contributed by atoms with van der Waals surface area (Å²) >= 11 is 0. The Morgan fingerprint density at radius 1 is 1.10 bits per heavy atom. The Morgan fingerprint density at radius 2 is 1.73 bits per heavy atom. The fraction of sp³-hybridized carbons (Fsp3) is 0.583. The SMILES string of the molecule is O=C(O)c1ccc(-n2ncc(CONC34CC5CC(CC(C5)C3)C4)c2C2CC2)cc1. The number of carboxylic acids is 1. The predicted molar refractivity (Wildman–Crippen MR) is 111 cm³/mol. The van der Waals surface area contributed by atoms with E-state index in [1.165, 1.54) is 57.1 Å². The molecule has 0 radical (unpaired) electrons. The monoisotopic (exact) mass is 407 g/mol. The maximum Gasteiger partial charge on any atom is 0.335 e. The van der Waals surface area contributed by atoms with Crippen molar-refractivity contribution in [2.75, 3.05) is 0 Å². The van der Waals surface area contributed by atoms with Crippen molar-refractivity contribution in [3.63, 3.8) is 0 Å². The highest BCUT2D eigenvalue weighted by Gasteiger charge is 2.51. The summed E-state index contributed by atoms with van der Waals surface area (Å²) < 4.78 is 1.96. The Labute approximate surface area is 176 Å². The molecule has 5 fully saturated rings. The summed E-state index contributed by atoms with van der Waals surface area (Å²) in [6.45, 7) is 0.529. The van der Waals surface area contributed by atoms with Crippen LogP contribution in [0.1, 0.15) is 78.9 Å². The normalized spacial score (nSPS) is 31.9. The molecule has 0 atom stereocenters. The number of hydroxylamine groups is 1. The average molecular weight is 408 g/mol. The van der Waals surface area contributed by atoms with Gasteiger partial charge in [-0.1, -0.05) is 0 Å². The molecule has 0 spiro atoms. The first kappa shape index (κ1) is 18.6. The molecule has 0 aliphatic heterocycles. The molecular formula is C24H29N3O3. The van der Waals surface area contributed by atoms with Gasteiger partial charge in [-0.25, -0.2) is 9.48 Å². The van der Waals surface area contributed by atoms with E-state index >= 15 is 0 Å². The van der Waals surface area contributed by atoms with E-state index in [9.17, 15) is 4.79 Å². The van der Waals surface area contributed by atoms with Crippen LogP contribution in [-0.2, 0) is 11.4 Å². The zero-order valence-electron chi connectivity index (χ0n) is 17.2. The number of hydrogen-bond donors (Lipinski definition) is 2. The number of rotatable bonds is 7. The molecule has 5 aliphatic rings. The van der Waals surface area contributed by atoms with Gasteiger partial charge in [-0.05, 0) is 93.4 Å². The second-order valence-electron chi connectivity index (χ2n) is 10.2. The van der Waals surface area contributed by atoms with Gasteiger partial charge in [-0.15, -0.1) is 0 Å². The molecule has 6 heteroatoms. The maximum absolute atomic E-state index is 11.1. The molecule has 1 aromatic carbocycles. The average Bonchev–Trinajstić information content (AvgIpc) is 3.46. The molecule has 1 aromatic heterocycles. The van der Waals surface area contributed by atoms with Crippen molar-refractivity contribution in [2.45, 2.75) is 69.4 Å². The van der Waals surface area contributed by atoms with E-state index in [2.05, 4.69) is 10.6 Å². The fourth-order valence-electron chi connectivity index (χ4n) is 6.75. The molecular weight excluding hydrogens is 378 g/mol. The highest BCUT2D eigenvalue weighted by molar-refractivity contribution is 5.87. The number of nitrogens with one attached hydrogen (secondary N) is 1. The largest absolute Gasteiger partial charge is 0.478 e. The number of carbonyl (C=O) groups is 1. The van der Waals surface area contributed by atoms with Crippen LogP contribution in [0, 0.1) is 17.8 Å². The second kappa shape index (κ2) is 6.92. The Bertz CT molecular complexity index is 925. The second-order valence-corrected chi connectivity index (χ2v) is 10.2. The van der Waals surface area contributed by atoms with Crippen LogP contribution in [-0.4, -0.2) is 26.4 Å². The minimum Gasteiger partial charge on any atom is -0.478 e. The molecule has 0 unspecified atom stereocenters.